The zero-order valence-corrected chi connectivity index (χ0v) is 15.7. The predicted octanol–water partition coefficient (Wildman–Crippen LogP) is 5.25. The van der Waals surface area contributed by atoms with Gasteiger partial charge in [0.05, 0.1) is 4.92 Å². The summed E-state index contributed by atoms with van der Waals surface area (Å²) in [5.41, 5.74) is 3.30. The highest BCUT2D eigenvalue weighted by molar-refractivity contribution is 9.10. The summed E-state index contributed by atoms with van der Waals surface area (Å²) >= 11 is 3.38. The first-order valence-electron chi connectivity index (χ1n) is 7.80. The molecule has 0 radical (unpaired) electrons. The lowest BCUT2D eigenvalue weighted by atomic mass is 10.1. The molecular weight excluding hydrogens is 398 g/mol. The molecule has 2 aromatic carbocycles. The molecule has 0 aliphatic heterocycles. The highest BCUT2D eigenvalue weighted by atomic mass is 79.9. The molecular formula is C18H16BrN5O2. The van der Waals surface area contributed by atoms with Gasteiger partial charge in [0.15, 0.2) is 0 Å². The van der Waals surface area contributed by atoms with Crippen LogP contribution in [0.4, 0.5) is 28.7 Å². The summed E-state index contributed by atoms with van der Waals surface area (Å²) in [5.74, 6) is 0.254. The number of aryl methyl sites for hydroxylation is 2. The second-order valence-corrected chi connectivity index (χ2v) is 6.67. The van der Waals surface area contributed by atoms with Gasteiger partial charge in [0, 0.05) is 15.8 Å². The number of benzene rings is 2. The highest BCUT2D eigenvalue weighted by Crippen LogP contribution is 2.34. The second kappa shape index (κ2) is 7.49. The molecule has 2 N–H and O–H groups in total. The lowest BCUT2D eigenvalue weighted by Crippen LogP contribution is -2.06. The molecule has 0 aliphatic carbocycles. The van der Waals surface area contributed by atoms with Gasteiger partial charge in [0.1, 0.15) is 6.33 Å². The SMILES string of the molecule is Cc1ccc(Nc2ncnc(Nc3cccc(Br)c3)c2[N+](=O)[O-])c(C)c1. The van der Waals surface area contributed by atoms with Crippen molar-refractivity contribution in [2.24, 2.45) is 0 Å². The predicted molar refractivity (Wildman–Crippen MR) is 105 cm³/mol. The van der Waals surface area contributed by atoms with Crippen LogP contribution in [-0.2, 0) is 0 Å². The zero-order valence-electron chi connectivity index (χ0n) is 14.2. The Hall–Kier alpha value is -3.00. The molecule has 1 heterocycles. The van der Waals surface area contributed by atoms with Crippen molar-refractivity contribution in [3.63, 3.8) is 0 Å². The van der Waals surface area contributed by atoms with Crippen molar-refractivity contribution in [1.82, 2.24) is 9.97 Å². The van der Waals surface area contributed by atoms with Gasteiger partial charge in [-0.25, -0.2) is 9.97 Å². The molecule has 0 saturated heterocycles. The normalized spacial score (nSPS) is 10.4. The van der Waals surface area contributed by atoms with Crippen molar-refractivity contribution >= 4 is 44.6 Å². The van der Waals surface area contributed by atoms with Gasteiger partial charge < -0.3 is 10.6 Å². The number of hydrogen-bond donors (Lipinski definition) is 2. The van der Waals surface area contributed by atoms with Crippen LogP contribution in [0.3, 0.4) is 0 Å². The molecule has 7 nitrogen and oxygen atoms in total. The average Bonchev–Trinajstić information content (AvgIpc) is 2.57. The van der Waals surface area contributed by atoms with E-state index in [1.54, 1.807) is 6.07 Å². The molecule has 0 fully saturated rings. The lowest BCUT2D eigenvalue weighted by Gasteiger charge is -2.12. The maximum absolute atomic E-state index is 11.7. The number of hydrogen-bond acceptors (Lipinski definition) is 6. The third kappa shape index (κ3) is 3.97. The maximum Gasteiger partial charge on any atom is 0.353 e. The molecule has 0 aliphatic rings. The van der Waals surface area contributed by atoms with Crippen LogP contribution in [0.25, 0.3) is 0 Å². The standard InChI is InChI=1S/C18H16BrN5O2/c1-11-6-7-15(12(2)8-11)23-18-16(24(25)26)17(20-10-21-18)22-14-5-3-4-13(19)9-14/h3-10H,1-2H3,(H2,20,21,22,23). The van der Waals surface area contributed by atoms with Crippen molar-refractivity contribution < 1.29 is 4.92 Å². The van der Waals surface area contributed by atoms with Crippen molar-refractivity contribution in [2.45, 2.75) is 13.8 Å². The Morgan fingerprint density at radius 2 is 1.77 bits per heavy atom. The molecule has 0 spiro atoms. The molecule has 3 rings (SSSR count). The van der Waals surface area contributed by atoms with Gasteiger partial charge in [-0.1, -0.05) is 39.7 Å². The molecule has 1 aromatic heterocycles. The minimum atomic E-state index is -0.494. The van der Waals surface area contributed by atoms with Gasteiger partial charge in [0.25, 0.3) is 0 Å². The van der Waals surface area contributed by atoms with E-state index in [-0.39, 0.29) is 17.3 Å². The van der Waals surface area contributed by atoms with Crippen LogP contribution in [0.1, 0.15) is 11.1 Å². The Kier molecular flexibility index (Phi) is 5.13. The quantitative estimate of drug-likeness (QED) is 0.438. The molecule has 0 atom stereocenters. The highest BCUT2D eigenvalue weighted by Gasteiger charge is 2.23. The fourth-order valence-electron chi connectivity index (χ4n) is 2.52. The topological polar surface area (TPSA) is 93.0 Å². The summed E-state index contributed by atoms with van der Waals surface area (Å²) in [4.78, 5) is 19.3. The summed E-state index contributed by atoms with van der Waals surface area (Å²) < 4.78 is 0.854. The minimum absolute atomic E-state index is 0.121. The van der Waals surface area contributed by atoms with E-state index in [2.05, 4.69) is 36.5 Å². The van der Waals surface area contributed by atoms with Crippen LogP contribution in [0.15, 0.2) is 53.3 Å². The Balaban J connectivity index is 1.99. The number of nitrogens with zero attached hydrogens (tertiary/aromatic N) is 3. The van der Waals surface area contributed by atoms with E-state index in [4.69, 9.17) is 0 Å². The zero-order chi connectivity index (χ0) is 18.7. The first-order valence-corrected chi connectivity index (χ1v) is 8.59. The van der Waals surface area contributed by atoms with Crippen LogP contribution in [0, 0.1) is 24.0 Å². The molecule has 0 amide bonds. The summed E-state index contributed by atoms with van der Waals surface area (Å²) in [6.45, 7) is 3.92. The average molecular weight is 414 g/mol. The van der Waals surface area contributed by atoms with Crippen molar-refractivity contribution in [3.05, 3.63) is 74.5 Å². The molecule has 26 heavy (non-hydrogen) atoms. The smallest absolute Gasteiger partial charge is 0.334 e. The van der Waals surface area contributed by atoms with Gasteiger partial charge in [-0.3, -0.25) is 10.1 Å². The first-order chi connectivity index (χ1) is 12.4. The fraction of sp³-hybridized carbons (Fsp3) is 0.111. The molecule has 3 aromatic rings. The minimum Gasteiger partial charge on any atom is -0.334 e. The van der Waals surface area contributed by atoms with Crippen LogP contribution in [0.5, 0.6) is 0 Å². The molecule has 0 saturated carbocycles. The second-order valence-electron chi connectivity index (χ2n) is 5.76. The van der Waals surface area contributed by atoms with E-state index >= 15 is 0 Å². The van der Waals surface area contributed by atoms with E-state index in [1.807, 2.05) is 50.2 Å². The van der Waals surface area contributed by atoms with Gasteiger partial charge in [-0.05, 0) is 43.7 Å². The molecule has 132 valence electrons. The largest absolute Gasteiger partial charge is 0.353 e. The van der Waals surface area contributed by atoms with Crippen LogP contribution in [0.2, 0.25) is 0 Å². The van der Waals surface area contributed by atoms with Crippen LogP contribution < -0.4 is 10.6 Å². The van der Waals surface area contributed by atoms with E-state index in [0.29, 0.717) is 5.69 Å². The Morgan fingerprint density at radius 1 is 1.04 bits per heavy atom. The molecule has 0 unspecified atom stereocenters. The summed E-state index contributed by atoms with van der Waals surface area (Å²) in [6, 6.07) is 13.1. The third-order valence-corrected chi connectivity index (χ3v) is 4.22. The van der Waals surface area contributed by atoms with Crippen molar-refractivity contribution in [1.29, 1.82) is 0 Å². The number of nitrogens with one attached hydrogen (secondary N) is 2. The first kappa shape index (κ1) is 17.8. The van der Waals surface area contributed by atoms with Gasteiger partial charge in [-0.15, -0.1) is 0 Å². The number of anilines is 4. The Labute approximate surface area is 158 Å². The number of halogens is 1. The van der Waals surface area contributed by atoms with Crippen molar-refractivity contribution in [2.75, 3.05) is 10.6 Å². The van der Waals surface area contributed by atoms with Crippen LogP contribution in [-0.4, -0.2) is 14.9 Å². The number of aromatic nitrogens is 2. The Morgan fingerprint density at radius 3 is 2.42 bits per heavy atom. The maximum atomic E-state index is 11.7. The molecule has 0 bridgehead atoms. The van der Waals surface area contributed by atoms with Crippen molar-refractivity contribution in [3.8, 4) is 0 Å². The van der Waals surface area contributed by atoms with Crippen LogP contribution >= 0.6 is 15.9 Å². The summed E-state index contributed by atoms with van der Waals surface area (Å²) in [7, 11) is 0. The van der Waals surface area contributed by atoms with E-state index in [0.717, 1.165) is 21.3 Å². The summed E-state index contributed by atoms with van der Waals surface area (Å²) in [5, 5.41) is 17.7. The van der Waals surface area contributed by atoms with Gasteiger partial charge in [0.2, 0.25) is 11.6 Å². The van der Waals surface area contributed by atoms with E-state index in [9.17, 15) is 10.1 Å². The Bertz CT molecular complexity index is 978. The van der Waals surface area contributed by atoms with E-state index < -0.39 is 4.92 Å². The van der Waals surface area contributed by atoms with E-state index in [1.165, 1.54) is 6.33 Å². The summed E-state index contributed by atoms with van der Waals surface area (Å²) in [6.07, 6.45) is 1.29. The molecule has 8 heteroatoms. The fourth-order valence-corrected chi connectivity index (χ4v) is 2.92. The monoisotopic (exact) mass is 413 g/mol. The number of nitro groups is 1. The third-order valence-electron chi connectivity index (χ3n) is 3.73. The van der Waals surface area contributed by atoms with Gasteiger partial charge in [-0.2, -0.15) is 0 Å². The van der Waals surface area contributed by atoms with Gasteiger partial charge >= 0.3 is 5.69 Å². The number of rotatable bonds is 5. The lowest BCUT2D eigenvalue weighted by molar-refractivity contribution is -0.383.